The van der Waals surface area contributed by atoms with E-state index in [1.54, 1.807) is 26.4 Å². The Morgan fingerprint density at radius 2 is 1.55 bits per heavy atom. The molecule has 0 saturated carbocycles. The number of hydrogen-bond donors (Lipinski definition) is 2. The molecule has 2 N–H and O–H groups in total. The predicted octanol–water partition coefficient (Wildman–Crippen LogP) is 6.66. The Hall–Kier alpha value is -6.55. The second-order valence-corrected chi connectivity index (χ2v) is 20.8. The molecule has 9 rings (SSSR count). The Balaban J connectivity index is 1.03. The van der Waals surface area contributed by atoms with Gasteiger partial charge in [0.05, 0.1) is 58.8 Å². The molecule has 0 bridgehead atoms. The van der Waals surface area contributed by atoms with Crippen molar-refractivity contribution in [3.05, 3.63) is 175 Å². The van der Waals surface area contributed by atoms with Gasteiger partial charge in [-0.15, -0.1) is 5.10 Å². The Labute approximate surface area is 430 Å². The summed E-state index contributed by atoms with van der Waals surface area (Å²) >= 11 is 0. The number of phenols is 1. The summed E-state index contributed by atoms with van der Waals surface area (Å²) in [4.78, 5) is 40.9. The third kappa shape index (κ3) is 11.4. The van der Waals surface area contributed by atoms with E-state index in [4.69, 9.17) is 46.4 Å². The Bertz CT molecular complexity index is 3270. The molecule has 0 aliphatic carbocycles. The molecule has 2 aliphatic heterocycles. The summed E-state index contributed by atoms with van der Waals surface area (Å²) in [5.74, 6) is 1.77. The molecule has 4 aromatic carbocycles. The SMILES string of the molecule is COc1ccc(C(OCC2O[C@@H](n3ccc(=O)[nH]c3=O)[C@H](OC)[C@@H]2OP(=O)(OCCC#N)O[C@@H]2CSSC[C@H]2OCc2cn(-c3cc4ccc(O)cc4oc3=O)nn2)(c2ccccc2)c2ccc(OC)cc2)cc1. The monoisotopic (exact) mass is 1070 g/mol. The highest BCUT2D eigenvalue weighted by Gasteiger charge is 2.53. The standard InChI is InChI=1S/C50H49N6O15PS2/c1-62-37-16-11-33(12-17-37)50(32-8-5-4-6-9-32,34-13-18-38(63-2)19-14-34)66-28-41-45(46(64-3)47(68-41)55-22-20-44(58)52-49(55)60)71-72(61,67-23-7-21-51)70-43-30-74-73-29-42(43)65-27-35-26-56(54-53-35)39-24-31-10-15-36(57)25-40(31)69-48(39)59/h4-6,8-20,22,24-26,41-43,45-47,57H,7,23,27-30H2,1-3H3,(H,52,58,60)/t41?,42-,43-,45-,46-,47-,72?/m1/s1. The second kappa shape index (κ2) is 23.3. The molecule has 74 heavy (non-hydrogen) atoms. The number of aromatic amines is 1. The van der Waals surface area contributed by atoms with E-state index in [9.17, 15) is 24.8 Å². The normalized spacial score (nSPS) is 20.7. The average Bonchev–Trinajstić information content (AvgIpc) is 4.03. The van der Waals surface area contributed by atoms with E-state index >= 15 is 4.57 Å². The average molecular weight is 1070 g/mol. The third-order valence-corrected chi connectivity index (χ3v) is 16.1. The minimum atomic E-state index is -4.78. The van der Waals surface area contributed by atoms with Gasteiger partial charge in [-0.2, -0.15) is 5.26 Å². The number of aromatic hydroxyl groups is 1. The minimum Gasteiger partial charge on any atom is -0.508 e. The molecule has 0 radical (unpaired) electrons. The van der Waals surface area contributed by atoms with Gasteiger partial charge in [0.1, 0.15) is 58.5 Å². The summed E-state index contributed by atoms with van der Waals surface area (Å²) < 4.78 is 79.3. The van der Waals surface area contributed by atoms with E-state index in [0.717, 1.165) is 16.2 Å². The number of phosphoric ester groups is 1. The van der Waals surface area contributed by atoms with Gasteiger partial charge in [-0.25, -0.2) is 18.8 Å². The number of H-pyrrole nitrogens is 1. The van der Waals surface area contributed by atoms with Crippen molar-refractivity contribution in [3.63, 3.8) is 0 Å². The maximum atomic E-state index is 15.4. The lowest BCUT2D eigenvalue weighted by Crippen LogP contribution is -2.42. The van der Waals surface area contributed by atoms with Crippen LogP contribution in [0.15, 0.2) is 140 Å². The highest BCUT2D eigenvalue weighted by molar-refractivity contribution is 8.76. The number of nitrogens with one attached hydrogen (secondary N) is 1. The van der Waals surface area contributed by atoms with Crippen LogP contribution in [-0.2, 0) is 49.3 Å². The van der Waals surface area contributed by atoms with E-state index in [1.165, 1.54) is 57.9 Å². The number of fused-ring (bicyclic) bond motifs is 1. The van der Waals surface area contributed by atoms with Gasteiger partial charge < -0.3 is 37.9 Å². The molecule has 2 fully saturated rings. The van der Waals surface area contributed by atoms with Crippen LogP contribution in [0.4, 0.5) is 0 Å². The minimum absolute atomic E-state index is 0.0559. The summed E-state index contributed by atoms with van der Waals surface area (Å²) in [5, 5.41) is 28.2. The summed E-state index contributed by atoms with van der Waals surface area (Å²) in [6.07, 6.45) is -4.18. The molecule has 7 aromatic rings. The molecular weight excluding hydrogens is 1020 g/mol. The van der Waals surface area contributed by atoms with Crippen LogP contribution in [0.3, 0.4) is 0 Å². The molecule has 2 aliphatic rings. The van der Waals surface area contributed by atoms with E-state index in [-0.39, 0.29) is 49.0 Å². The largest absolute Gasteiger partial charge is 0.508 e. The van der Waals surface area contributed by atoms with Gasteiger partial charge in [0.15, 0.2) is 11.9 Å². The number of hydrogen-bond acceptors (Lipinski definition) is 20. The highest BCUT2D eigenvalue weighted by Crippen LogP contribution is 2.56. The van der Waals surface area contributed by atoms with Gasteiger partial charge in [-0.3, -0.25) is 27.9 Å². The molecule has 0 amide bonds. The van der Waals surface area contributed by atoms with Crippen molar-refractivity contribution in [2.45, 2.75) is 55.4 Å². The molecule has 24 heteroatoms. The van der Waals surface area contributed by atoms with Gasteiger partial charge in [0.25, 0.3) is 5.56 Å². The number of benzene rings is 4. The van der Waals surface area contributed by atoms with E-state index < -0.39 is 67.0 Å². The van der Waals surface area contributed by atoms with Crippen LogP contribution < -0.4 is 26.3 Å². The fourth-order valence-corrected chi connectivity index (χ4v) is 12.7. The van der Waals surface area contributed by atoms with Crippen LogP contribution in [0, 0.1) is 11.3 Å². The first kappa shape index (κ1) is 52.3. The lowest BCUT2D eigenvalue weighted by atomic mass is 9.80. The van der Waals surface area contributed by atoms with Gasteiger partial charge in [0.2, 0.25) is 0 Å². The maximum absolute atomic E-state index is 15.4. The molecule has 21 nitrogen and oxygen atoms in total. The number of methoxy groups -OCH3 is 3. The van der Waals surface area contributed by atoms with E-state index in [0.29, 0.717) is 39.5 Å². The molecule has 2 unspecified atom stereocenters. The lowest BCUT2D eigenvalue weighted by Gasteiger charge is -2.37. The third-order valence-electron chi connectivity index (χ3n) is 12.2. The summed E-state index contributed by atoms with van der Waals surface area (Å²) in [6, 6.07) is 33.3. The van der Waals surface area contributed by atoms with Crippen molar-refractivity contribution in [2.24, 2.45) is 0 Å². The number of aromatic nitrogens is 5. The highest BCUT2D eigenvalue weighted by atomic mass is 33.1. The first-order valence-corrected chi connectivity index (χ1v) is 26.9. The number of phosphoric acid groups is 1. The van der Waals surface area contributed by atoms with Crippen LogP contribution in [-0.4, -0.2) is 106 Å². The fraction of sp³-hybridized carbons (Fsp3) is 0.320. The zero-order valence-corrected chi connectivity index (χ0v) is 42.4. The molecular formula is C50H49N6O15PS2. The molecule has 5 heterocycles. The van der Waals surface area contributed by atoms with Crippen LogP contribution >= 0.6 is 29.4 Å². The number of phenolic OH excluding ortho intramolecular Hbond substituents is 1. The van der Waals surface area contributed by atoms with Crippen molar-refractivity contribution < 1.29 is 56.1 Å². The maximum Gasteiger partial charge on any atom is 0.475 e. The molecule has 7 atom stereocenters. The molecule has 3 aromatic heterocycles. The quantitative estimate of drug-likeness (QED) is 0.0251. The van der Waals surface area contributed by atoms with Crippen LogP contribution in [0.5, 0.6) is 17.2 Å². The first-order chi connectivity index (χ1) is 35.9. The predicted molar refractivity (Wildman–Crippen MR) is 270 cm³/mol. The van der Waals surface area contributed by atoms with Gasteiger partial charge >= 0.3 is 19.1 Å². The van der Waals surface area contributed by atoms with Crippen LogP contribution in [0.25, 0.3) is 16.7 Å². The smallest absolute Gasteiger partial charge is 0.475 e. The van der Waals surface area contributed by atoms with Gasteiger partial charge in [-0.1, -0.05) is 81.4 Å². The van der Waals surface area contributed by atoms with Gasteiger partial charge in [-0.05, 0) is 59.2 Å². The second-order valence-electron chi connectivity index (χ2n) is 16.7. The Morgan fingerprint density at radius 3 is 2.22 bits per heavy atom. The van der Waals surface area contributed by atoms with E-state index in [2.05, 4.69) is 15.3 Å². The van der Waals surface area contributed by atoms with Crippen molar-refractivity contribution in [2.75, 3.05) is 46.0 Å². The first-order valence-electron chi connectivity index (χ1n) is 22.9. The van der Waals surface area contributed by atoms with Crippen molar-refractivity contribution in [1.29, 1.82) is 5.26 Å². The number of ether oxygens (including phenoxy) is 6. The van der Waals surface area contributed by atoms with Gasteiger partial charge in [0, 0.05) is 42.3 Å². The van der Waals surface area contributed by atoms with Crippen LogP contribution in [0.2, 0.25) is 0 Å². The van der Waals surface area contributed by atoms with Crippen molar-refractivity contribution in [1.82, 2.24) is 24.5 Å². The number of rotatable bonds is 21. The van der Waals surface area contributed by atoms with Crippen molar-refractivity contribution in [3.8, 4) is 29.0 Å². The molecule has 2 saturated heterocycles. The summed E-state index contributed by atoms with van der Waals surface area (Å²) in [5.41, 5.74) is -0.813. The Morgan fingerprint density at radius 1 is 0.865 bits per heavy atom. The molecule has 386 valence electrons. The number of nitrogens with zero attached hydrogens (tertiary/aromatic N) is 5. The van der Waals surface area contributed by atoms with Crippen molar-refractivity contribution >= 4 is 40.4 Å². The van der Waals surface area contributed by atoms with Crippen LogP contribution in [0.1, 0.15) is 35.0 Å². The topological polar surface area (TPSA) is 260 Å². The van der Waals surface area contributed by atoms with E-state index in [1.807, 2.05) is 84.9 Å². The number of nitriles is 1. The fourth-order valence-electron chi connectivity index (χ4n) is 8.58. The lowest BCUT2D eigenvalue weighted by molar-refractivity contribution is -0.0979. The zero-order valence-electron chi connectivity index (χ0n) is 39.9. The summed E-state index contributed by atoms with van der Waals surface area (Å²) in [7, 11) is 2.65. The summed E-state index contributed by atoms with van der Waals surface area (Å²) in [6.45, 7) is -0.773. The zero-order chi connectivity index (χ0) is 51.8. The molecule has 0 spiro atoms. The Kier molecular flexibility index (Phi) is 16.5.